The Bertz CT molecular complexity index is 401. The van der Waals surface area contributed by atoms with Crippen LogP contribution in [0.4, 0.5) is 5.82 Å². The molecule has 2 heterocycles. The second-order valence-electron chi connectivity index (χ2n) is 2.89. The van der Waals surface area contributed by atoms with Crippen molar-refractivity contribution >= 4 is 17.4 Å². The molecule has 0 fully saturated rings. The number of pyridine rings is 1. The highest BCUT2D eigenvalue weighted by Crippen LogP contribution is 2.09. The van der Waals surface area contributed by atoms with Crippen LogP contribution in [0.1, 0.15) is 5.82 Å². The minimum absolute atomic E-state index is 0.624. The van der Waals surface area contributed by atoms with E-state index in [4.69, 9.17) is 11.6 Å². The summed E-state index contributed by atoms with van der Waals surface area (Å²) in [5.41, 5.74) is 0. The van der Waals surface area contributed by atoms with Gasteiger partial charge in [-0.1, -0.05) is 16.8 Å². The monoisotopic (exact) mass is 224 g/mol. The summed E-state index contributed by atoms with van der Waals surface area (Å²) in [6.45, 7) is 0.703. The molecule has 0 spiro atoms. The molecule has 0 unspecified atom stereocenters. The van der Waals surface area contributed by atoms with Gasteiger partial charge in [-0.2, -0.15) is 4.98 Å². The number of aromatic nitrogens is 3. The highest BCUT2D eigenvalue weighted by Gasteiger charge is 1.98. The molecule has 2 aromatic heterocycles. The van der Waals surface area contributed by atoms with E-state index in [0.29, 0.717) is 23.8 Å². The Kier molecular flexibility index (Phi) is 3.14. The van der Waals surface area contributed by atoms with Crippen LogP contribution >= 0.6 is 11.6 Å². The molecule has 6 heteroatoms. The van der Waals surface area contributed by atoms with E-state index in [1.807, 2.05) is 6.07 Å². The van der Waals surface area contributed by atoms with E-state index in [0.717, 1.165) is 5.82 Å². The highest BCUT2D eigenvalue weighted by molar-refractivity contribution is 6.30. The molecule has 0 saturated carbocycles. The van der Waals surface area contributed by atoms with Gasteiger partial charge in [0.1, 0.15) is 5.82 Å². The largest absolute Gasteiger partial charge is 0.370 e. The maximum absolute atomic E-state index is 5.70. The van der Waals surface area contributed by atoms with Crippen LogP contribution in [0.25, 0.3) is 0 Å². The zero-order valence-electron chi connectivity index (χ0n) is 7.85. The summed E-state index contributed by atoms with van der Waals surface area (Å²) in [7, 11) is 0. The smallest absolute Gasteiger partial charge is 0.213 e. The van der Waals surface area contributed by atoms with Crippen LogP contribution < -0.4 is 5.32 Å². The van der Waals surface area contributed by atoms with Crippen LogP contribution in [0.5, 0.6) is 0 Å². The average molecular weight is 225 g/mol. The third-order valence-electron chi connectivity index (χ3n) is 1.79. The molecule has 1 N–H and O–H groups in total. The van der Waals surface area contributed by atoms with Crippen molar-refractivity contribution in [3.05, 3.63) is 35.6 Å². The van der Waals surface area contributed by atoms with Gasteiger partial charge in [-0.15, -0.1) is 0 Å². The fourth-order valence-electron chi connectivity index (χ4n) is 1.09. The average Bonchev–Trinajstić information content (AvgIpc) is 2.74. The van der Waals surface area contributed by atoms with E-state index >= 15 is 0 Å². The van der Waals surface area contributed by atoms with Crippen molar-refractivity contribution in [2.45, 2.75) is 6.42 Å². The summed E-state index contributed by atoms with van der Waals surface area (Å²) in [5, 5.41) is 7.44. The van der Waals surface area contributed by atoms with Crippen LogP contribution in [0.15, 0.2) is 29.2 Å². The molecule has 0 saturated heterocycles. The number of hydrogen-bond acceptors (Lipinski definition) is 5. The van der Waals surface area contributed by atoms with Crippen LogP contribution in [0.3, 0.4) is 0 Å². The lowest BCUT2D eigenvalue weighted by molar-refractivity contribution is 0.410. The lowest BCUT2D eigenvalue weighted by Crippen LogP contribution is -2.06. The first-order chi connectivity index (χ1) is 7.34. The Hall–Kier alpha value is -1.62. The van der Waals surface area contributed by atoms with Gasteiger partial charge in [0.2, 0.25) is 6.39 Å². The van der Waals surface area contributed by atoms with Gasteiger partial charge in [0.25, 0.3) is 0 Å². The number of nitrogens with one attached hydrogen (secondary N) is 1. The van der Waals surface area contributed by atoms with Gasteiger partial charge in [0.15, 0.2) is 5.82 Å². The Morgan fingerprint density at radius 3 is 2.93 bits per heavy atom. The number of halogens is 1. The second-order valence-corrected chi connectivity index (χ2v) is 3.32. The summed E-state index contributed by atoms with van der Waals surface area (Å²) in [5.74, 6) is 1.46. The number of nitrogens with zero attached hydrogens (tertiary/aromatic N) is 3. The zero-order valence-corrected chi connectivity index (χ0v) is 8.61. The van der Waals surface area contributed by atoms with E-state index in [1.165, 1.54) is 6.39 Å². The fourth-order valence-corrected chi connectivity index (χ4v) is 1.20. The third-order valence-corrected chi connectivity index (χ3v) is 2.01. The quantitative estimate of drug-likeness (QED) is 0.858. The number of hydrogen-bond donors (Lipinski definition) is 1. The predicted octanol–water partition coefficient (Wildman–Crippen LogP) is 1.77. The molecule has 2 aromatic rings. The summed E-state index contributed by atoms with van der Waals surface area (Å²) < 4.78 is 4.61. The van der Waals surface area contributed by atoms with Crippen molar-refractivity contribution in [3.8, 4) is 0 Å². The van der Waals surface area contributed by atoms with Crippen molar-refractivity contribution in [3.63, 3.8) is 0 Å². The molecule has 0 amide bonds. The van der Waals surface area contributed by atoms with E-state index < -0.39 is 0 Å². The maximum Gasteiger partial charge on any atom is 0.213 e. The Labute approximate surface area is 91.5 Å². The molecule has 0 bridgehead atoms. The van der Waals surface area contributed by atoms with E-state index in [1.54, 1.807) is 12.3 Å². The molecule has 0 aliphatic rings. The SMILES string of the molecule is Clc1ccc(NCCc2ncon2)nc1. The van der Waals surface area contributed by atoms with Crippen molar-refractivity contribution in [1.29, 1.82) is 0 Å². The predicted molar refractivity (Wildman–Crippen MR) is 55.7 cm³/mol. The molecule has 78 valence electrons. The van der Waals surface area contributed by atoms with Crippen molar-refractivity contribution in [1.82, 2.24) is 15.1 Å². The molecule has 0 radical (unpaired) electrons. The lowest BCUT2D eigenvalue weighted by Gasteiger charge is -2.02. The summed E-state index contributed by atoms with van der Waals surface area (Å²) in [6.07, 6.45) is 3.61. The van der Waals surface area contributed by atoms with Gasteiger partial charge in [-0.05, 0) is 12.1 Å². The fraction of sp³-hybridized carbons (Fsp3) is 0.222. The van der Waals surface area contributed by atoms with E-state index in [9.17, 15) is 0 Å². The maximum atomic E-state index is 5.70. The van der Waals surface area contributed by atoms with Crippen molar-refractivity contribution in [2.75, 3.05) is 11.9 Å². The van der Waals surface area contributed by atoms with Crippen LogP contribution in [-0.2, 0) is 6.42 Å². The van der Waals surface area contributed by atoms with Gasteiger partial charge in [0, 0.05) is 19.2 Å². The minimum Gasteiger partial charge on any atom is -0.370 e. The summed E-state index contributed by atoms with van der Waals surface area (Å²) in [6, 6.07) is 3.60. The standard InChI is InChI=1S/C9H9ClN4O/c10-7-1-2-8(12-5-7)11-4-3-9-13-6-15-14-9/h1-2,5-6H,3-4H2,(H,11,12). The highest BCUT2D eigenvalue weighted by atomic mass is 35.5. The first kappa shape index (κ1) is 9.92. The molecular formula is C9H9ClN4O. The molecule has 0 aliphatic heterocycles. The molecule has 0 aliphatic carbocycles. The number of anilines is 1. The topological polar surface area (TPSA) is 63.8 Å². The third kappa shape index (κ3) is 2.92. The molecule has 5 nitrogen and oxygen atoms in total. The molecule has 0 atom stereocenters. The Morgan fingerprint density at radius 1 is 1.33 bits per heavy atom. The molecule has 2 rings (SSSR count). The lowest BCUT2D eigenvalue weighted by atomic mass is 10.4. The van der Waals surface area contributed by atoms with Gasteiger partial charge >= 0.3 is 0 Å². The summed E-state index contributed by atoms with van der Waals surface area (Å²) >= 11 is 5.70. The molecule has 15 heavy (non-hydrogen) atoms. The van der Waals surface area contributed by atoms with Crippen molar-refractivity contribution in [2.24, 2.45) is 0 Å². The second kappa shape index (κ2) is 4.75. The first-order valence-electron chi connectivity index (χ1n) is 4.45. The van der Waals surface area contributed by atoms with Crippen LogP contribution in [0.2, 0.25) is 5.02 Å². The first-order valence-corrected chi connectivity index (χ1v) is 4.83. The van der Waals surface area contributed by atoms with Crippen LogP contribution in [-0.4, -0.2) is 21.7 Å². The van der Waals surface area contributed by atoms with Gasteiger partial charge in [-0.3, -0.25) is 0 Å². The van der Waals surface area contributed by atoms with Crippen LogP contribution in [0, 0.1) is 0 Å². The minimum atomic E-state index is 0.624. The Morgan fingerprint density at radius 2 is 2.27 bits per heavy atom. The molecule has 0 aromatic carbocycles. The summed E-state index contributed by atoms with van der Waals surface area (Å²) in [4.78, 5) is 7.99. The molecular weight excluding hydrogens is 216 g/mol. The van der Waals surface area contributed by atoms with Crippen molar-refractivity contribution < 1.29 is 4.52 Å². The Balaban J connectivity index is 1.81. The number of rotatable bonds is 4. The zero-order chi connectivity index (χ0) is 10.5. The van der Waals surface area contributed by atoms with E-state index in [2.05, 4.69) is 25.0 Å². The van der Waals surface area contributed by atoms with Gasteiger partial charge < -0.3 is 9.84 Å². The van der Waals surface area contributed by atoms with Gasteiger partial charge in [0.05, 0.1) is 5.02 Å². The normalized spacial score (nSPS) is 10.2. The van der Waals surface area contributed by atoms with Gasteiger partial charge in [-0.25, -0.2) is 4.98 Å². The van der Waals surface area contributed by atoms with E-state index in [-0.39, 0.29) is 0 Å².